The second kappa shape index (κ2) is 20.8. The van der Waals surface area contributed by atoms with Crippen LogP contribution in [0, 0.1) is 0 Å². The van der Waals surface area contributed by atoms with E-state index in [-0.39, 0.29) is 43.3 Å². The van der Waals surface area contributed by atoms with Crippen LogP contribution in [0.4, 0.5) is 0 Å². The molecule has 0 unspecified atom stereocenters. The molecule has 0 bridgehead atoms. The van der Waals surface area contributed by atoms with Crippen LogP contribution in [0.2, 0.25) is 0 Å². The number of hydrogen-bond acceptors (Lipinski definition) is 9. The third kappa shape index (κ3) is 15.1. The molecule has 0 spiro atoms. The van der Waals surface area contributed by atoms with Gasteiger partial charge in [0.05, 0.1) is 0 Å². The fourth-order valence-corrected chi connectivity index (χ4v) is 10.7. The molecular formula is C60H89AlO9P2. The monoisotopic (exact) mass is 1040 g/mol. The molecule has 0 fully saturated rings. The maximum atomic E-state index is 13.4. The molecule has 396 valence electrons. The summed E-state index contributed by atoms with van der Waals surface area (Å²) in [4.78, 5) is 26.8. The molecule has 0 amide bonds. The Labute approximate surface area is 444 Å². The summed E-state index contributed by atoms with van der Waals surface area (Å²) in [5.41, 5.74) is 10.3. The van der Waals surface area contributed by atoms with Gasteiger partial charge in [-0.25, -0.2) is 9.13 Å². The Morgan fingerprint density at radius 1 is 0.333 bits per heavy atom. The van der Waals surface area contributed by atoms with E-state index in [9.17, 15) is 18.9 Å². The summed E-state index contributed by atoms with van der Waals surface area (Å²) in [6.45, 7) is 51.2. The predicted octanol–water partition coefficient (Wildman–Crippen LogP) is 14.9. The first kappa shape index (κ1) is 61.5. The van der Waals surface area contributed by atoms with Gasteiger partial charge in [0, 0.05) is 22.3 Å². The molecule has 9 nitrogen and oxygen atoms in total. The second-order valence-electron chi connectivity index (χ2n) is 28.3. The SMILES string of the molecule is CC(C)(C)c1cc2c(c(C(C)(C)C)c1)OP(=O)([O-])Oc1c(cc(C(C)(C)C)cc1C(C)(C)C)CC2.CC(C)(C)c1cc2c(c(C(C)(C)C)c1)OP(=O)([O-])Oc1c(cc(C(C)(C)C)cc1C(C)(C)C)CC2.[OH][Al+2]. The van der Waals surface area contributed by atoms with Gasteiger partial charge in [0.25, 0.3) is 0 Å². The zero-order valence-electron chi connectivity index (χ0n) is 48.6. The first-order chi connectivity index (χ1) is 32.2. The van der Waals surface area contributed by atoms with E-state index < -0.39 is 15.6 Å². The minimum absolute atomic E-state index is 0.0815. The molecule has 0 radical (unpaired) electrons. The van der Waals surface area contributed by atoms with Crippen molar-refractivity contribution in [2.45, 2.75) is 235 Å². The quantitative estimate of drug-likeness (QED) is 0.135. The van der Waals surface area contributed by atoms with Gasteiger partial charge in [-0.1, -0.05) is 215 Å². The fraction of sp³-hybridized carbons (Fsp3) is 0.600. The number of hydrogen-bond donors (Lipinski definition) is 1. The first-order valence-corrected chi connectivity index (χ1v) is 29.0. The van der Waals surface area contributed by atoms with Crippen LogP contribution >= 0.6 is 15.6 Å². The van der Waals surface area contributed by atoms with Crippen LogP contribution in [0.25, 0.3) is 0 Å². The van der Waals surface area contributed by atoms with Gasteiger partial charge in [0.2, 0.25) is 0 Å². The summed E-state index contributed by atoms with van der Waals surface area (Å²) in [5, 5.41) is 0. The van der Waals surface area contributed by atoms with Crippen molar-refractivity contribution in [2.75, 3.05) is 0 Å². The molecule has 72 heavy (non-hydrogen) atoms. The van der Waals surface area contributed by atoms with E-state index >= 15 is 0 Å². The van der Waals surface area contributed by atoms with Crippen molar-refractivity contribution >= 4 is 32.3 Å². The molecule has 0 aliphatic carbocycles. The molecule has 0 aromatic heterocycles. The van der Waals surface area contributed by atoms with Gasteiger partial charge in [0.1, 0.15) is 23.0 Å². The fourth-order valence-electron chi connectivity index (χ4n) is 8.91. The van der Waals surface area contributed by atoms with Crippen LogP contribution < -0.4 is 27.9 Å². The van der Waals surface area contributed by atoms with E-state index in [4.69, 9.17) is 22.3 Å². The Kier molecular flexibility index (Phi) is 17.8. The van der Waals surface area contributed by atoms with Gasteiger partial charge in [-0.15, -0.1) is 0 Å². The molecule has 2 aliphatic heterocycles. The van der Waals surface area contributed by atoms with Crippen molar-refractivity contribution in [3.8, 4) is 23.0 Å². The summed E-state index contributed by atoms with van der Waals surface area (Å²) in [6, 6.07) is 16.9. The van der Waals surface area contributed by atoms with E-state index in [0.717, 1.165) is 44.5 Å². The van der Waals surface area contributed by atoms with Crippen LogP contribution in [0.1, 0.15) is 233 Å². The Morgan fingerprint density at radius 3 is 0.611 bits per heavy atom. The summed E-state index contributed by atoms with van der Waals surface area (Å²) in [5.74, 6) is 1.69. The molecule has 2 heterocycles. The van der Waals surface area contributed by atoms with Crippen molar-refractivity contribution in [1.82, 2.24) is 0 Å². The molecule has 2 aliphatic rings. The molecule has 12 heteroatoms. The number of aryl methyl sites for hydroxylation is 4. The van der Waals surface area contributed by atoms with Gasteiger partial charge in [-0.05, 0) is 114 Å². The average Bonchev–Trinajstić information content (AvgIpc) is 3.26. The van der Waals surface area contributed by atoms with E-state index in [0.29, 0.717) is 48.7 Å². The predicted molar refractivity (Wildman–Crippen MR) is 296 cm³/mol. The van der Waals surface area contributed by atoms with Crippen molar-refractivity contribution < 1.29 is 41.2 Å². The molecule has 0 saturated heterocycles. The topological polar surface area (TPSA) is 137 Å². The molecule has 4 aromatic carbocycles. The van der Waals surface area contributed by atoms with Gasteiger partial charge >= 0.3 is 36.4 Å². The molecule has 1 N–H and O–H groups in total. The summed E-state index contributed by atoms with van der Waals surface area (Å²) in [7, 11) is -9.41. The van der Waals surface area contributed by atoms with E-state index in [1.165, 1.54) is 38.9 Å². The second-order valence-corrected chi connectivity index (χ2v) is 30.8. The van der Waals surface area contributed by atoms with Gasteiger partial charge < -0.3 is 27.9 Å². The van der Waals surface area contributed by atoms with Crippen LogP contribution in [0.3, 0.4) is 0 Å². The average molecular weight is 1040 g/mol. The van der Waals surface area contributed by atoms with E-state index in [1.54, 1.807) is 0 Å². The molecular weight excluding hydrogens is 954 g/mol. The third-order valence-corrected chi connectivity index (χ3v) is 15.1. The van der Waals surface area contributed by atoms with Crippen molar-refractivity contribution in [3.63, 3.8) is 0 Å². The number of phosphoric ester groups is 2. The first-order valence-electron chi connectivity index (χ1n) is 25.6. The molecule has 0 saturated carbocycles. The molecule has 4 aromatic rings. The van der Waals surface area contributed by atoms with Crippen LogP contribution in [-0.2, 0) is 78.1 Å². The number of fused-ring (bicyclic) bond motifs is 4. The van der Waals surface area contributed by atoms with Gasteiger partial charge in [0.15, 0.2) is 0 Å². The Bertz CT molecular complexity index is 2350. The zero-order valence-corrected chi connectivity index (χ0v) is 51.6. The zero-order chi connectivity index (χ0) is 55.6. The van der Waals surface area contributed by atoms with E-state index in [2.05, 4.69) is 215 Å². The van der Waals surface area contributed by atoms with Crippen molar-refractivity contribution in [2.24, 2.45) is 0 Å². The van der Waals surface area contributed by atoms with Crippen molar-refractivity contribution in [1.29, 1.82) is 0 Å². The third-order valence-electron chi connectivity index (χ3n) is 13.5. The van der Waals surface area contributed by atoms with Crippen LogP contribution in [0.5, 0.6) is 23.0 Å². The van der Waals surface area contributed by atoms with Gasteiger partial charge in [-0.3, -0.25) is 0 Å². The standard InChI is InChI=1S/2C30H45O4P.Al.H2O/c2*1-27(2,3)21-15-19-13-14-20-16-22(28(4,5)6)18-24(30(10,11)12)26(20)34-35(31,32)33-25(19)23(17-21)29(7,8)9;;/h2*15-18H,13-14H2,1-12H3,(H,31,32);;1H2/q;;+3;/p-3. The summed E-state index contributed by atoms with van der Waals surface area (Å²) >= 11 is 1.42. The molecule has 6 rings (SSSR count). The number of benzene rings is 4. The van der Waals surface area contributed by atoms with Crippen LogP contribution in [0.15, 0.2) is 48.5 Å². The minimum atomic E-state index is -4.70. The summed E-state index contributed by atoms with van der Waals surface area (Å²) < 4.78 is 57.0. The Morgan fingerprint density at radius 2 is 0.486 bits per heavy atom. The normalized spacial score (nSPS) is 16.3. The van der Waals surface area contributed by atoms with E-state index in [1.807, 2.05) is 0 Å². The Balaban J connectivity index is 0.000000302. The number of phosphoric acid groups is 2. The Hall–Kier alpha value is -3.05. The summed E-state index contributed by atoms with van der Waals surface area (Å²) in [6.07, 6.45) is 2.65. The number of rotatable bonds is 0. The van der Waals surface area contributed by atoms with Gasteiger partial charge in [-0.2, -0.15) is 0 Å². The van der Waals surface area contributed by atoms with Crippen LogP contribution in [-0.4, -0.2) is 20.8 Å². The van der Waals surface area contributed by atoms with Crippen molar-refractivity contribution in [3.05, 3.63) is 115 Å². The maximum absolute atomic E-state index is 13.4. The molecule has 0 atom stereocenters.